The molecule has 0 aliphatic rings. The largest absolute Gasteiger partial charge is 0.465 e. The third kappa shape index (κ3) is 6.38. The van der Waals surface area contributed by atoms with E-state index in [0.29, 0.717) is 11.4 Å². The highest BCUT2D eigenvalue weighted by Gasteiger charge is 2.15. The summed E-state index contributed by atoms with van der Waals surface area (Å²) in [5.41, 5.74) is 0. The minimum atomic E-state index is -0.637. The van der Waals surface area contributed by atoms with Gasteiger partial charge in [0.15, 0.2) is 5.75 Å². The summed E-state index contributed by atoms with van der Waals surface area (Å²) < 4.78 is 9.88. The van der Waals surface area contributed by atoms with Crippen LogP contribution in [0.5, 0.6) is 5.75 Å². The van der Waals surface area contributed by atoms with Crippen LogP contribution >= 0.6 is 34.8 Å². The van der Waals surface area contributed by atoms with Gasteiger partial charge in [-0.05, 0) is 18.6 Å². The van der Waals surface area contributed by atoms with Crippen molar-refractivity contribution in [3.63, 3.8) is 0 Å². The van der Waals surface area contributed by atoms with Crippen LogP contribution in [0, 0.1) is 0 Å². The Hall–Kier alpha value is -1.23. The molecule has 1 aromatic rings. The van der Waals surface area contributed by atoms with Crippen LogP contribution in [0.25, 0.3) is 0 Å². The number of carbonyl (C=O) groups excluding carboxylic acids is 2. The molecule has 0 saturated heterocycles. The highest BCUT2D eigenvalue weighted by atomic mass is 35.5. The van der Waals surface area contributed by atoms with Gasteiger partial charge in [-0.2, -0.15) is 0 Å². The molecule has 21 heavy (non-hydrogen) atoms. The molecule has 0 aliphatic heterocycles. The first kappa shape index (κ1) is 17.8. The fourth-order valence-corrected chi connectivity index (χ4v) is 2.22. The molecule has 0 aromatic heterocycles. The zero-order valence-electron chi connectivity index (χ0n) is 11.0. The maximum Gasteiger partial charge on any atom is 0.311 e. The van der Waals surface area contributed by atoms with Crippen LogP contribution in [0.4, 0.5) is 0 Å². The Morgan fingerprint density at radius 2 is 1.67 bits per heavy atom. The number of esters is 2. The normalized spacial score (nSPS) is 10.0. The minimum Gasteiger partial charge on any atom is -0.465 e. The molecule has 0 fully saturated rings. The van der Waals surface area contributed by atoms with Gasteiger partial charge in [0.1, 0.15) is 0 Å². The summed E-state index contributed by atoms with van der Waals surface area (Å²) in [7, 11) is 0. The molecule has 0 aliphatic carbocycles. The second-order valence-electron chi connectivity index (χ2n) is 3.97. The summed E-state index contributed by atoms with van der Waals surface area (Å²) in [6.45, 7) is 3.74. The molecule has 0 unspecified atom stereocenters. The van der Waals surface area contributed by atoms with Crippen LogP contribution in [0.3, 0.4) is 0 Å². The Morgan fingerprint density at radius 3 is 2.24 bits per heavy atom. The lowest BCUT2D eigenvalue weighted by Gasteiger charge is -2.08. The van der Waals surface area contributed by atoms with Gasteiger partial charge in [0.25, 0.3) is 0 Å². The van der Waals surface area contributed by atoms with E-state index in [-0.39, 0.29) is 35.2 Å². The molecule has 114 valence electrons. The highest BCUT2D eigenvalue weighted by molar-refractivity contribution is 6.40. The van der Waals surface area contributed by atoms with Crippen molar-refractivity contribution >= 4 is 46.7 Å². The van der Waals surface area contributed by atoms with Crippen molar-refractivity contribution in [1.29, 1.82) is 0 Å². The number of hydrogen-bond donors (Lipinski definition) is 0. The van der Waals surface area contributed by atoms with E-state index in [4.69, 9.17) is 44.3 Å². The molecular formula is C14H13Cl3O4. The van der Waals surface area contributed by atoms with Gasteiger partial charge in [-0.25, -0.2) is 0 Å². The van der Waals surface area contributed by atoms with Crippen LogP contribution < -0.4 is 4.74 Å². The molecule has 0 atom stereocenters. The van der Waals surface area contributed by atoms with Gasteiger partial charge in [0.05, 0.1) is 29.5 Å². The Kier molecular flexibility index (Phi) is 7.57. The maximum atomic E-state index is 11.6. The zero-order chi connectivity index (χ0) is 15.8. The van der Waals surface area contributed by atoms with Gasteiger partial charge in [0, 0.05) is 5.02 Å². The van der Waals surface area contributed by atoms with Crippen molar-refractivity contribution < 1.29 is 19.1 Å². The number of hydrogen-bond acceptors (Lipinski definition) is 4. The number of benzene rings is 1. The second-order valence-corrected chi connectivity index (χ2v) is 5.22. The van der Waals surface area contributed by atoms with Crippen molar-refractivity contribution in [3.05, 3.63) is 39.9 Å². The van der Waals surface area contributed by atoms with Gasteiger partial charge >= 0.3 is 11.9 Å². The second kappa shape index (κ2) is 8.93. The standard InChI is InChI=1S/C14H13Cl3O4/c1-2-3-6-20-12(18)4-5-13(19)21-14-10(16)7-9(15)8-11(14)17/h2,7-8H,1,3-6H2. The molecule has 4 nitrogen and oxygen atoms in total. The predicted octanol–water partition coefficient (Wildman–Crippen LogP) is 4.45. The number of halogens is 3. The topological polar surface area (TPSA) is 52.6 Å². The van der Waals surface area contributed by atoms with Crippen molar-refractivity contribution in [2.24, 2.45) is 0 Å². The average molecular weight is 352 g/mol. The van der Waals surface area contributed by atoms with E-state index >= 15 is 0 Å². The van der Waals surface area contributed by atoms with E-state index in [9.17, 15) is 9.59 Å². The summed E-state index contributed by atoms with van der Waals surface area (Å²) >= 11 is 17.5. The third-order valence-corrected chi connectivity index (χ3v) is 3.08. The number of rotatable bonds is 7. The molecule has 7 heteroatoms. The van der Waals surface area contributed by atoms with Crippen molar-refractivity contribution in [3.8, 4) is 5.75 Å². The zero-order valence-corrected chi connectivity index (χ0v) is 13.3. The van der Waals surface area contributed by atoms with Gasteiger partial charge in [-0.3, -0.25) is 9.59 Å². The maximum absolute atomic E-state index is 11.6. The molecule has 0 spiro atoms. The predicted molar refractivity (Wildman–Crippen MR) is 82.1 cm³/mol. The van der Waals surface area contributed by atoms with Gasteiger partial charge in [0.2, 0.25) is 0 Å². The lowest BCUT2D eigenvalue weighted by Crippen LogP contribution is -2.13. The van der Waals surface area contributed by atoms with Crippen LogP contribution in [0.1, 0.15) is 19.3 Å². The van der Waals surface area contributed by atoms with Crippen molar-refractivity contribution in [2.75, 3.05) is 6.61 Å². The summed E-state index contributed by atoms with van der Waals surface area (Å²) in [6.07, 6.45) is 1.97. The van der Waals surface area contributed by atoms with Crippen molar-refractivity contribution in [1.82, 2.24) is 0 Å². The Labute approximate surface area is 137 Å². The van der Waals surface area contributed by atoms with Gasteiger partial charge in [-0.1, -0.05) is 40.9 Å². The lowest BCUT2D eigenvalue weighted by molar-refractivity contribution is -0.146. The van der Waals surface area contributed by atoms with E-state index in [2.05, 4.69) is 6.58 Å². The van der Waals surface area contributed by atoms with E-state index in [1.807, 2.05) is 0 Å². The Balaban J connectivity index is 2.47. The first-order valence-corrected chi connectivity index (χ1v) is 7.19. The third-order valence-electron chi connectivity index (χ3n) is 2.30. The molecular weight excluding hydrogens is 339 g/mol. The monoisotopic (exact) mass is 350 g/mol. The molecule has 0 amide bonds. The SMILES string of the molecule is C=CCCOC(=O)CCC(=O)Oc1c(Cl)cc(Cl)cc1Cl. The van der Waals surface area contributed by atoms with E-state index in [0.717, 1.165) is 0 Å². The molecule has 0 saturated carbocycles. The first-order valence-electron chi connectivity index (χ1n) is 6.05. The van der Waals surface area contributed by atoms with E-state index < -0.39 is 11.9 Å². The summed E-state index contributed by atoms with van der Waals surface area (Å²) in [5.74, 6) is -1.10. The Bertz CT molecular complexity index is 520. The lowest BCUT2D eigenvalue weighted by atomic mass is 10.3. The highest BCUT2D eigenvalue weighted by Crippen LogP contribution is 2.36. The molecule has 1 aromatic carbocycles. The summed E-state index contributed by atoms with van der Waals surface area (Å²) in [4.78, 5) is 23.0. The number of carbonyl (C=O) groups is 2. The summed E-state index contributed by atoms with van der Waals surface area (Å²) in [6, 6.07) is 2.81. The van der Waals surface area contributed by atoms with Gasteiger partial charge in [-0.15, -0.1) is 6.58 Å². The molecule has 0 heterocycles. The molecule has 1 rings (SSSR count). The first-order chi connectivity index (χ1) is 9.93. The molecule has 0 bridgehead atoms. The number of ether oxygens (including phenoxy) is 2. The Morgan fingerprint density at radius 1 is 1.10 bits per heavy atom. The quantitative estimate of drug-likeness (QED) is 0.315. The fraction of sp³-hybridized carbons (Fsp3) is 0.286. The van der Waals surface area contributed by atoms with Crippen LogP contribution in [0.15, 0.2) is 24.8 Å². The van der Waals surface area contributed by atoms with E-state index in [1.54, 1.807) is 6.08 Å². The minimum absolute atomic E-state index is 0.0211. The van der Waals surface area contributed by atoms with Crippen molar-refractivity contribution in [2.45, 2.75) is 19.3 Å². The van der Waals surface area contributed by atoms with Crippen LogP contribution in [-0.2, 0) is 14.3 Å². The van der Waals surface area contributed by atoms with Gasteiger partial charge < -0.3 is 9.47 Å². The van der Waals surface area contributed by atoms with Crippen LogP contribution in [-0.4, -0.2) is 18.5 Å². The average Bonchev–Trinajstić information content (AvgIpc) is 2.41. The van der Waals surface area contributed by atoms with E-state index in [1.165, 1.54) is 12.1 Å². The molecule has 0 N–H and O–H groups in total. The fourth-order valence-electron chi connectivity index (χ4n) is 1.32. The van der Waals surface area contributed by atoms with Crippen LogP contribution in [0.2, 0.25) is 15.1 Å². The smallest absolute Gasteiger partial charge is 0.311 e. The molecule has 0 radical (unpaired) electrons. The summed E-state index contributed by atoms with van der Waals surface area (Å²) in [5, 5.41) is 0.569.